The summed E-state index contributed by atoms with van der Waals surface area (Å²) in [5.74, 6) is -9.31. The van der Waals surface area contributed by atoms with Crippen molar-refractivity contribution < 1.29 is 68.3 Å². The number of rotatable bonds is 8. The molecule has 7 amide bonds. The van der Waals surface area contributed by atoms with Gasteiger partial charge in [-0.05, 0) is 149 Å². The third-order valence-corrected chi connectivity index (χ3v) is 15.3. The molecule has 11 bridgehead atoms. The lowest BCUT2D eigenvalue weighted by Gasteiger charge is -2.32. The number of Topliss-reactive ketones (excluding diaryl/α,β-unsaturated/α-hetero) is 1. The number of phenolic OH excluding ortho intramolecular Hbond substituents is 3. The van der Waals surface area contributed by atoms with E-state index in [0.717, 1.165) is 0 Å². The highest BCUT2D eigenvalue weighted by atomic mass is 16.5. The van der Waals surface area contributed by atoms with Crippen LogP contribution < -0.4 is 47.1 Å². The second kappa shape index (κ2) is 23.6. The van der Waals surface area contributed by atoms with Crippen LogP contribution >= 0.6 is 0 Å². The van der Waals surface area contributed by atoms with Crippen LogP contribution in [0, 0.1) is 33.6 Å². The van der Waals surface area contributed by atoms with E-state index in [1.54, 1.807) is 77.0 Å². The smallest absolute Gasteiger partial charge is 0.248 e. The molecule has 9 unspecified atom stereocenters. The van der Waals surface area contributed by atoms with Crippen LogP contribution in [0.3, 0.4) is 0 Å². The van der Waals surface area contributed by atoms with Gasteiger partial charge in [0.2, 0.25) is 41.4 Å². The number of carbonyl (C=O) groups excluding carboxylic acids is 8. The standard InChI is InChI=1S/C60H68N8O14/c1-25(2)17-39(68(9)10)56(76)67-52-54(74)34-13-16-43(27(4)19-34)82-45-22-35-21-44(30(45)7)81-42-15-12-32(18-26(42)3)28(5)48-57(77)64-49(31(8)69)37-23-41(71)29(6)53(73)47(37)36-20-33(11-14-40(36)70)50(58(78)63-48)66-59(79)51(35)65-55(75)38(24-46(61)72)62-60(52)80/h11-16,18-23,25,28,38-39,48-52,54,70-71,73-74H,17,24H2,1-10H3,(H2,61,72)(H,62,80)(H,63,78)(H,64,77)(H,65,75)(H,66,79)(H,67,76). The molecular weight excluding hydrogens is 1060 g/mol. The number of aliphatic hydroxyl groups excluding tert-OH is 1. The normalized spacial score (nSPS) is 22.3. The van der Waals surface area contributed by atoms with Gasteiger partial charge >= 0.3 is 0 Å². The van der Waals surface area contributed by atoms with E-state index < -0.39 is 125 Å². The third kappa shape index (κ3) is 12.0. The highest BCUT2D eigenvalue weighted by molar-refractivity contribution is 6.01. The first-order chi connectivity index (χ1) is 38.6. The molecule has 5 aromatic carbocycles. The number of ether oxygens (including phenoxy) is 2. The first-order valence-corrected chi connectivity index (χ1v) is 26.7. The van der Waals surface area contributed by atoms with Gasteiger partial charge in [-0.2, -0.15) is 0 Å². The molecule has 0 aliphatic carbocycles. The summed E-state index contributed by atoms with van der Waals surface area (Å²) in [6.45, 7) is 13.1. The number of phenols is 3. The first kappa shape index (κ1) is 59.1. The van der Waals surface area contributed by atoms with Crippen molar-refractivity contribution in [3.05, 3.63) is 123 Å². The molecule has 0 spiro atoms. The Bertz CT molecular complexity index is 3450. The highest BCUT2D eigenvalue weighted by Crippen LogP contribution is 2.47. The molecule has 0 radical (unpaired) electrons. The Morgan fingerprint density at radius 3 is 1.82 bits per heavy atom. The van der Waals surface area contributed by atoms with Gasteiger partial charge in [0.15, 0.2) is 5.78 Å². The predicted molar refractivity (Wildman–Crippen MR) is 299 cm³/mol. The van der Waals surface area contributed by atoms with Crippen molar-refractivity contribution in [2.24, 2.45) is 11.7 Å². The first-order valence-electron chi connectivity index (χ1n) is 26.7. The fraction of sp³-hybridized carbons (Fsp3) is 0.367. The van der Waals surface area contributed by atoms with Crippen molar-refractivity contribution in [3.8, 4) is 51.4 Å². The highest BCUT2D eigenvalue weighted by Gasteiger charge is 2.41. The maximum atomic E-state index is 15.6. The number of hydrogen-bond donors (Lipinski definition) is 11. The van der Waals surface area contributed by atoms with E-state index in [-0.39, 0.29) is 62.1 Å². The summed E-state index contributed by atoms with van der Waals surface area (Å²) in [7, 11) is 3.36. The zero-order chi connectivity index (χ0) is 59.9. The number of ketones is 1. The van der Waals surface area contributed by atoms with Crippen molar-refractivity contribution in [2.45, 2.75) is 123 Å². The average molecular weight is 1130 g/mol. The Morgan fingerprint density at radius 1 is 0.659 bits per heavy atom. The van der Waals surface area contributed by atoms with Gasteiger partial charge in [-0.25, -0.2) is 0 Å². The summed E-state index contributed by atoms with van der Waals surface area (Å²) in [5.41, 5.74) is 7.13. The van der Waals surface area contributed by atoms with E-state index >= 15 is 9.59 Å². The van der Waals surface area contributed by atoms with Crippen LogP contribution in [0.1, 0.15) is 121 Å². The average Bonchev–Trinajstić information content (AvgIpc) is 2.45. The fourth-order valence-electron chi connectivity index (χ4n) is 10.5. The minimum absolute atomic E-state index is 0.0276. The largest absolute Gasteiger partial charge is 0.508 e. The van der Waals surface area contributed by atoms with Crippen LogP contribution in [0.25, 0.3) is 11.1 Å². The molecule has 432 valence electrons. The van der Waals surface area contributed by atoms with E-state index in [0.29, 0.717) is 34.4 Å². The Hall–Kier alpha value is -9.02. The van der Waals surface area contributed by atoms with Crippen LogP contribution in [-0.4, -0.2) is 111 Å². The van der Waals surface area contributed by atoms with Gasteiger partial charge in [0, 0.05) is 28.2 Å². The number of nitrogens with two attached hydrogens (primary N) is 1. The van der Waals surface area contributed by atoms with Gasteiger partial charge in [0.25, 0.3) is 0 Å². The summed E-state index contributed by atoms with van der Waals surface area (Å²) in [6.07, 6.45) is -2.27. The second-order valence-electron chi connectivity index (χ2n) is 22.0. The third-order valence-electron chi connectivity index (χ3n) is 15.3. The van der Waals surface area contributed by atoms with E-state index in [2.05, 4.69) is 31.9 Å². The van der Waals surface area contributed by atoms with Crippen molar-refractivity contribution in [1.29, 1.82) is 0 Å². The molecule has 5 aliphatic heterocycles. The second-order valence-corrected chi connectivity index (χ2v) is 22.0. The van der Waals surface area contributed by atoms with Gasteiger partial charge in [-0.15, -0.1) is 0 Å². The number of primary amides is 1. The zero-order valence-corrected chi connectivity index (χ0v) is 47.0. The maximum Gasteiger partial charge on any atom is 0.248 e. The lowest BCUT2D eigenvalue weighted by atomic mass is 9.86. The molecule has 0 aromatic heterocycles. The number of carbonyl (C=O) groups is 8. The number of nitrogens with zero attached hydrogens (tertiary/aromatic N) is 1. The van der Waals surface area contributed by atoms with Gasteiger partial charge in [-0.1, -0.05) is 45.0 Å². The van der Waals surface area contributed by atoms with E-state index in [1.807, 2.05) is 13.8 Å². The number of aryl methyl sites for hydroxylation is 2. The predicted octanol–water partition coefficient (Wildman–Crippen LogP) is 4.53. The lowest BCUT2D eigenvalue weighted by Crippen LogP contribution is -2.59. The summed E-state index contributed by atoms with van der Waals surface area (Å²) in [5, 5.41) is 62.5. The topological polar surface area (TPSA) is 337 Å². The number of amides is 7. The van der Waals surface area contributed by atoms with Gasteiger partial charge in [-0.3, -0.25) is 43.3 Å². The summed E-state index contributed by atoms with van der Waals surface area (Å²) in [4.78, 5) is 118. The number of aromatic hydroxyl groups is 3. The van der Waals surface area contributed by atoms with Crippen LogP contribution in [0.5, 0.6) is 40.2 Å². The maximum absolute atomic E-state index is 15.6. The molecule has 0 fully saturated rings. The molecule has 5 aliphatic rings. The van der Waals surface area contributed by atoms with E-state index in [9.17, 15) is 49.2 Å². The number of hydrogen-bond acceptors (Lipinski definition) is 15. The molecular formula is C60H68N8O14. The Labute approximate surface area is 473 Å². The molecule has 5 heterocycles. The number of benzene rings is 5. The Balaban J connectivity index is 1.37. The van der Waals surface area contributed by atoms with Crippen molar-refractivity contribution in [3.63, 3.8) is 0 Å². The van der Waals surface area contributed by atoms with Crippen LogP contribution in [0.2, 0.25) is 0 Å². The number of likely N-dealkylation sites (N-methyl/N-ethyl adjacent to an activating group) is 1. The molecule has 10 rings (SSSR count). The minimum atomic E-state index is -1.91. The van der Waals surface area contributed by atoms with Crippen molar-refractivity contribution in [1.82, 2.24) is 36.8 Å². The van der Waals surface area contributed by atoms with Crippen LogP contribution in [0.15, 0.2) is 72.8 Å². The van der Waals surface area contributed by atoms with Crippen LogP contribution in [-0.2, 0) is 38.4 Å². The van der Waals surface area contributed by atoms with E-state index in [1.165, 1.54) is 56.3 Å². The zero-order valence-electron chi connectivity index (χ0n) is 47.0. The molecule has 0 saturated carbocycles. The fourth-order valence-corrected chi connectivity index (χ4v) is 10.5. The Kier molecular flexibility index (Phi) is 17.0. The van der Waals surface area contributed by atoms with Crippen LogP contribution in [0.4, 0.5) is 0 Å². The molecule has 82 heavy (non-hydrogen) atoms. The quantitative estimate of drug-likeness (QED) is 0.102. The monoisotopic (exact) mass is 1120 g/mol. The summed E-state index contributed by atoms with van der Waals surface area (Å²) < 4.78 is 13.3. The SMILES string of the molecule is CC(=O)C1NC(=O)C2NC(=O)C(NC(=O)C3NC(=O)C(CC(N)=O)NC(=O)C(NC(=O)C(CC(C)C)N(C)C)C(O)c4ccc(c(C)c4)Oc4cc3cc(c4C)Oc3ccc(cc3C)C2C)c2ccc(O)c(c2)-c2c1cc(O)c(C)c2O. The van der Waals surface area contributed by atoms with Gasteiger partial charge < -0.3 is 67.5 Å². The molecule has 22 heteroatoms. The van der Waals surface area contributed by atoms with Gasteiger partial charge in [0.05, 0.1) is 12.5 Å². The molecule has 0 saturated heterocycles. The molecule has 22 nitrogen and oxygen atoms in total. The Morgan fingerprint density at radius 2 is 1.23 bits per heavy atom. The molecule has 12 N–H and O–H groups in total. The van der Waals surface area contributed by atoms with Gasteiger partial charge in [0.1, 0.15) is 82.6 Å². The summed E-state index contributed by atoms with van der Waals surface area (Å²) >= 11 is 0. The van der Waals surface area contributed by atoms with Crippen molar-refractivity contribution >= 4 is 47.1 Å². The lowest BCUT2D eigenvalue weighted by molar-refractivity contribution is -0.138. The molecule has 9 atom stereocenters. The van der Waals surface area contributed by atoms with E-state index in [4.69, 9.17) is 15.2 Å². The molecule has 5 aromatic rings. The summed E-state index contributed by atoms with van der Waals surface area (Å²) in [6, 6.07) is 6.16. The minimum Gasteiger partial charge on any atom is -0.508 e. The number of fused-ring (bicyclic) bond motifs is 15. The number of nitrogens with one attached hydrogen (secondary N) is 6. The van der Waals surface area contributed by atoms with Crippen molar-refractivity contribution in [2.75, 3.05) is 14.1 Å². The number of aliphatic hydroxyl groups is 1.